The van der Waals surface area contributed by atoms with E-state index in [-0.39, 0.29) is 5.60 Å². The fourth-order valence-electron chi connectivity index (χ4n) is 3.72. The lowest BCUT2D eigenvalue weighted by atomic mass is 9.69. The van der Waals surface area contributed by atoms with Gasteiger partial charge in [-0.25, -0.2) is 0 Å². The number of fused-ring (bicyclic) bond motifs is 1. The number of aliphatic carboxylic acids is 1. The lowest BCUT2D eigenvalue weighted by Crippen LogP contribution is -2.38. The van der Waals surface area contributed by atoms with Crippen LogP contribution >= 0.6 is 0 Å². The molecule has 1 N–H and O–H groups in total. The minimum absolute atomic E-state index is 0.158. The summed E-state index contributed by atoms with van der Waals surface area (Å²) in [4.78, 5) is 11.9. The van der Waals surface area contributed by atoms with Crippen molar-refractivity contribution in [1.82, 2.24) is 0 Å². The largest absolute Gasteiger partial charge is 0.488 e. The third-order valence-corrected chi connectivity index (χ3v) is 5.12. The van der Waals surface area contributed by atoms with Crippen molar-refractivity contribution >= 4 is 5.97 Å². The topological polar surface area (TPSA) is 46.5 Å². The van der Waals surface area contributed by atoms with Gasteiger partial charge in [-0.1, -0.05) is 31.4 Å². The Balaban J connectivity index is 2.00. The minimum atomic E-state index is -0.710. The molecule has 1 aromatic carbocycles. The number of carboxylic acid groups (broad SMARTS) is 1. The van der Waals surface area contributed by atoms with E-state index in [1.807, 2.05) is 12.1 Å². The van der Waals surface area contributed by atoms with Gasteiger partial charge in [0.25, 0.3) is 0 Å². The van der Waals surface area contributed by atoms with E-state index in [1.54, 1.807) is 0 Å². The Morgan fingerprint density at radius 3 is 2.52 bits per heavy atom. The molecule has 1 aliphatic carbocycles. The van der Waals surface area contributed by atoms with E-state index in [0.717, 1.165) is 56.3 Å². The molecule has 3 rings (SSSR count). The smallest absolute Gasteiger partial charge is 0.314 e. The van der Waals surface area contributed by atoms with Crippen LogP contribution in [0.4, 0.5) is 0 Å². The molecule has 0 spiro atoms. The van der Waals surface area contributed by atoms with Crippen molar-refractivity contribution in [3.63, 3.8) is 0 Å². The van der Waals surface area contributed by atoms with Gasteiger partial charge >= 0.3 is 5.97 Å². The van der Waals surface area contributed by atoms with Crippen LogP contribution in [-0.4, -0.2) is 16.7 Å². The van der Waals surface area contributed by atoms with Crippen LogP contribution in [0.1, 0.15) is 63.5 Å². The summed E-state index contributed by atoms with van der Waals surface area (Å²) < 4.78 is 6.08. The second-order valence-electron chi connectivity index (χ2n) is 7.13. The zero-order valence-electron chi connectivity index (χ0n) is 12.9. The van der Waals surface area contributed by atoms with Crippen LogP contribution in [-0.2, 0) is 16.6 Å². The van der Waals surface area contributed by atoms with E-state index >= 15 is 0 Å². The first-order valence-corrected chi connectivity index (χ1v) is 7.99. The quantitative estimate of drug-likeness (QED) is 0.892. The molecular formula is C18H24O3. The van der Waals surface area contributed by atoms with Crippen LogP contribution in [0.3, 0.4) is 0 Å². The molecule has 114 valence electrons. The van der Waals surface area contributed by atoms with Crippen LogP contribution in [0, 0.1) is 0 Å². The molecule has 2 aliphatic rings. The predicted molar refractivity (Wildman–Crippen MR) is 81.9 cm³/mol. The fourth-order valence-corrected chi connectivity index (χ4v) is 3.72. The van der Waals surface area contributed by atoms with Crippen LogP contribution in [0.5, 0.6) is 5.75 Å². The van der Waals surface area contributed by atoms with Gasteiger partial charge in [-0.2, -0.15) is 0 Å². The maximum atomic E-state index is 11.9. The third kappa shape index (κ3) is 2.54. The fraction of sp³-hybridized carbons (Fsp3) is 0.611. The summed E-state index contributed by atoms with van der Waals surface area (Å²) >= 11 is 0. The highest BCUT2D eigenvalue weighted by molar-refractivity contribution is 5.81. The van der Waals surface area contributed by atoms with E-state index in [1.165, 1.54) is 5.56 Å². The molecule has 0 atom stereocenters. The average Bonchev–Trinajstić information content (AvgIpc) is 2.46. The number of aryl methyl sites for hydroxylation is 1. The normalized spacial score (nSPS) is 23.0. The summed E-state index contributed by atoms with van der Waals surface area (Å²) in [6, 6.07) is 6.08. The molecule has 1 saturated carbocycles. The average molecular weight is 288 g/mol. The van der Waals surface area contributed by atoms with Crippen LogP contribution in [0.15, 0.2) is 18.2 Å². The lowest BCUT2D eigenvalue weighted by Gasteiger charge is -2.36. The molecule has 3 heteroatoms. The number of hydrogen-bond acceptors (Lipinski definition) is 2. The summed E-state index contributed by atoms with van der Waals surface area (Å²) in [6.45, 7) is 4.19. The van der Waals surface area contributed by atoms with Gasteiger partial charge in [-0.3, -0.25) is 4.79 Å². The summed E-state index contributed by atoms with van der Waals surface area (Å²) in [5, 5.41) is 9.81. The summed E-state index contributed by atoms with van der Waals surface area (Å²) in [5.74, 6) is 0.201. The number of benzene rings is 1. The van der Waals surface area contributed by atoms with Crippen molar-refractivity contribution in [2.75, 3.05) is 0 Å². The molecular weight excluding hydrogens is 264 g/mol. The Morgan fingerprint density at radius 2 is 1.86 bits per heavy atom. The van der Waals surface area contributed by atoms with Crippen LogP contribution < -0.4 is 4.74 Å². The number of carbonyl (C=O) groups is 1. The van der Waals surface area contributed by atoms with Crippen LogP contribution in [0.25, 0.3) is 0 Å². The van der Waals surface area contributed by atoms with Crippen molar-refractivity contribution in [2.45, 2.75) is 69.8 Å². The highest BCUT2D eigenvalue weighted by atomic mass is 16.5. The maximum absolute atomic E-state index is 11.9. The van der Waals surface area contributed by atoms with E-state index in [2.05, 4.69) is 19.9 Å². The SMILES string of the molecule is CC1(C)CCc2ccc(C3(C(=O)O)CCCCC3)cc2O1. The van der Waals surface area contributed by atoms with Gasteiger partial charge in [0.05, 0.1) is 5.41 Å². The van der Waals surface area contributed by atoms with E-state index in [0.29, 0.717) is 0 Å². The highest BCUT2D eigenvalue weighted by Gasteiger charge is 2.42. The van der Waals surface area contributed by atoms with Gasteiger partial charge in [0, 0.05) is 0 Å². The van der Waals surface area contributed by atoms with Crippen molar-refractivity contribution < 1.29 is 14.6 Å². The summed E-state index contributed by atoms with van der Waals surface area (Å²) in [5.41, 5.74) is 1.26. The molecule has 1 heterocycles. The molecule has 1 fully saturated rings. The first-order chi connectivity index (χ1) is 9.93. The summed E-state index contributed by atoms with van der Waals surface area (Å²) in [7, 11) is 0. The van der Waals surface area contributed by atoms with Gasteiger partial charge in [-0.05, 0) is 56.7 Å². The zero-order valence-corrected chi connectivity index (χ0v) is 12.9. The first kappa shape index (κ1) is 14.4. The Morgan fingerprint density at radius 1 is 1.14 bits per heavy atom. The molecule has 1 aromatic rings. The molecule has 1 aliphatic heterocycles. The van der Waals surface area contributed by atoms with Crippen molar-refractivity contribution in [1.29, 1.82) is 0 Å². The molecule has 21 heavy (non-hydrogen) atoms. The first-order valence-electron chi connectivity index (χ1n) is 7.99. The molecule has 0 radical (unpaired) electrons. The standard InChI is InChI=1S/C18H24O3/c1-17(2)11-8-13-6-7-14(12-15(13)21-17)18(16(19)20)9-4-3-5-10-18/h6-7,12H,3-5,8-11H2,1-2H3,(H,19,20). The predicted octanol–water partition coefficient (Wildman–Crippen LogP) is 4.08. The highest BCUT2D eigenvalue weighted by Crippen LogP contribution is 2.43. The second kappa shape index (κ2) is 5.04. The van der Waals surface area contributed by atoms with E-state index < -0.39 is 11.4 Å². The monoisotopic (exact) mass is 288 g/mol. The van der Waals surface area contributed by atoms with Crippen LogP contribution in [0.2, 0.25) is 0 Å². The van der Waals surface area contributed by atoms with Gasteiger partial charge in [0.15, 0.2) is 0 Å². The summed E-state index contributed by atoms with van der Waals surface area (Å²) in [6.07, 6.45) is 6.62. The number of carboxylic acids is 1. The number of ether oxygens (including phenoxy) is 1. The van der Waals surface area contributed by atoms with E-state index in [9.17, 15) is 9.90 Å². The molecule has 3 nitrogen and oxygen atoms in total. The molecule has 0 unspecified atom stereocenters. The Bertz CT molecular complexity index is 554. The Hall–Kier alpha value is -1.51. The molecule has 0 saturated heterocycles. The van der Waals surface area contributed by atoms with Gasteiger partial charge in [0.1, 0.15) is 11.4 Å². The second-order valence-corrected chi connectivity index (χ2v) is 7.13. The zero-order chi connectivity index (χ0) is 15.1. The van der Waals surface area contributed by atoms with Gasteiger partial charge in [0.2, 0.25) is 0 Å². The molecule has 0 amide bonds. The minimum Gasteiger partial charge on any atom is -0.488 e. The third-order valence-electron chi connectivity index (χ3n) is 5.12. The van der Waals surface area contributed by atoms with E-state index in [4.69, 9.17) is 4.74 Å². The van der Waals surface area contributed by atoms with Gasteiger partial charge < -0.3 is 9.84 Å². The van der Waals surface area contributed by atoms with Gasteiger partial charge in [-0.15, -0.1) is 0 Å². The maximum Gasteiger partial charge on any atom is 0.314 e. The molecule has 0 bridgehead atoms. The number of rotatable bonds is 2. The number of hydrogen-bond donors (Lipinski definition) is 1. The lowest BCUT2D eigenvalue weighted by molar-refractivity contribution is -0.145. The van der Waals surface area contributed by atoms with Crippen molar-refractivity contribution in [2.24, 2.45) is 0 Å². The van der Waals surface area contributed by atoms with Crippen molar-refractivity contribution in [3.05, 3.63) is 29.3 Å². The Kier molecular flexibility index (Phi) is 3.46. The Labute approximate surface area is 126 Å². The van der Waals surface area contributed by atoms with Crippen molar-refractivity contribution in [3.8, 4) is 5.75 Å². The molecule has 0 aromatic heterocycles.